The first-order chi connectivity index (χ1) is 11.0. The van der Waals surface area contributed by atoms with Crippen molar-refractivity contribution in [3.8, 4) is 0 Å². The first kappa shape index (κ1) is 20.1. The van der Waals surface area contributed by atoms with Gasteiger partial charge in [-0.3, -0.25) is 4.90 Å². The van der Waals surface area contributed by atoms with Crippen LogP contribution >= 0.6 is 0 Å². The van der Waals surface area contributed by atoms with Gasteiger partial charge >= 0.3 is 27.7 Å². The number of nitrogens with zero attached hydrogens (tertiary/aromatic N) is 1. The fourth-order valence-electron chi connectivity index (χ4n) is 1.71. The summed E-state index contributed by atoms with van der Waals surface area (Å²) in [6.07, 6.45) is 1.03. The number of hydrogen-bond donors (Lipinski definition) is 0. The van der Waals surface area contributed by atoms with Crippen molar-refractivity contribution in [3.63, 3.8) is 0 Å². The molecule has 1 amide bonds. The summed E-state index contributed by atoms with van der Waals surface area (Å²) in [5.74, 6) is -1.71. The number of hydrogen-bond acceptors (Lipinski definition) is 7. The van der Waals surface area contributed by atoms with Crippen molar-refractivity contribution < 1.29 is 44.8 Å². The lowest BCUT2D eigenvalue weighted by Crippen LogP contribution is -2.42. The molecule has 1 unspecified atom stereocenters. The van der Waals surface area contributed by atoms with E-state index in [9.17, 15) is 31.2 Å². The molecule has 0 fully saturated rings. The molecule has 1 atom stereocenters. The lowest BCUT2D eigenvalue weighted by molar-refractivity contribution is -0.144. The maximum atomic E-state index is 12.3. The predicted octanol–water partition coefficient (Wildman–Crippen LogP) is 1.53. The van der Waals surface area contributed by atoms with E-state index in [0.717, 1.165) is 19.6 Å². The van der Waals surface area contributed by atoms with E-state index >= 15 is 0 Å². The van der Waals surface area contributed by atoms with Gasteiger partial charge in [-0.1, -0.05) is 13.3 Å². The Balaban J connectivity index is 2.91. The maximum Gasteiger partial charge on any atom is 0.534 e. The molecule has 0 bridgehead atoms. The molecule has 1 aliphatic rings. The molecule has 0 aromatic carbocycles. The van der Waals surface area contributed by atoms with E-state index in [4.69, 9.17) is 4.74 Å². The summed E-state index contributed by atoms with van der Waals surface area (Å²) < 4.78 is 72.2. The Morgan fingerprint density at radius 2 is 2.00 bits per heavy atom. The maximum absolute atomic E-state index is 12.3. The normalized spacial score (nSPS) is 18.1. The van der Waals surface area contributed by atoms with Gasteiger partial charge in [0.05, 0.1) is 20.3 Å². The van der Waals surface area contributed by atoms with Crippen molar-refractivity contribution in [2.75, 3.05) is 20.3 Å². The molecule has 0 aromatic rings. The van der Waals surface area contributed by atoms with Gasteiger partial charge in [-0.15, -0.1) is 0 Å². The van der Waals surface area contributed by atoms with Crippen LogP contribution in [0.25, 0.3) is 0 Å². The molecule has 8 nitrogen and oxygen atoms in total. The van der Waals surface area contributed by atoms with Gasteiger partial charge in [0.2, 0.25) is 0 Å². The number of methoxy groups -OCH3 is 1. The quantitative estimate of drug-likeness (QED) is 0.300. The second-order valence-electron chi connectivity index (χ2n) is 4.68. The second-order valence-corrected chi connectivity index (χ2v) is 6.22. The molecule has 0 spiro atoms. The van der Waals surface area contributed by atoms with Gasteiger partial charge in [0.25, 0.3) is 0 Å². The zero-order chi connectivity index (χ0) is 18.5. The molecule has 0 saturated carbocycles. The van der Waals surface area contributed by atoms with Crippen LogP contribution in [0.5, 0.6) is 0 Å². The van der Waals surface area contributed by atoms with Crippen LogP contribution in [-0.2, 0) is 28.6 Å². The molecule has 0 aliphatic carbocycles. The Hall–Kier alpha value is -1.98. The van der Waals surface area contributed by atoms with Gasteiger partial charge in [-0.25, -0.2) is 9.59 Å². The fourth-order valence-corrected chi connectivity index (χ4v) is 2.19. The van der Waals surface area contributed by atoms with Crippen molar-refractivity contribution in [1.29, 1.82) is 0 Å². The highest BCUT2D eigenvalue weighted by Gasteiger charge is 2.50. The minimum absolute atomic E-state index is 0.0385. The highest BCUT2D eigenvalue weighted by Crippen LogP contribution is 2.29. The fraction of sp³-hybridized carbons (Fsp3) is 0.667. The lowest BCUT2D eigenvalue weighted by Gasteiger charge is -2.21. The molecule has 24 heavy (non-hydrogen) atoms. The van der Waals surface area contributed by atoms with Gasteiger partial charge in [0.15, 0.2) is 6.04 Å². The highest BCUT2D eigenvalue weighted by molar-refractivity contribution is 7.87. The minimum Gasteiger partial charge on any atom is -0.467 e. The monoisotopic (exact) mass is 375 g/mol. The first-order valence-corrected chi connectivity index (χ1v) is 8.17. The number of alkyl halides is 3. The molecule has 1 heterocycles. The molecular formula is C12H16F3NO7S. The number of rotatable bonds is 6. The van der Waals surface area contributed by atoms with Crippen LogP contribution in [0, 0.1) is 0 Å². The van der Waals surface area contributed by atoms with Crippen LogP contribution in [-0.4, -0.2) is 57.2 Å². The Kier molecular flexibility index (Phi) is 6.46. The van der Waals surface area contributed by atoms with Crippen molar-refractivity contribution >= 4 is 22.2 Å². The number of carbonyl (C=O) groups is 2. The summed E-state index contributed by atoms with van der Waals surface area (Å²) in [6.45, 7) is 1.20. The molecule has 0 aromatic heterocycles. The van der Waals surface area contributed by atoms with Crippen LogP contribution < -0.4 is 0 Å². The van der Waals surface area contributed by atoms with Gasteiger partial charge in [-0.05, 0) is 12.5 Å². The summed E-state index contributed by atoms with van der Waals surface area (Å²) in [4.78, 5) is 24.2. The Bertz CT molecular complexity index is 615. The third-order valence-corrected chi connectivity index (χ3v) is 3.91. The van der Waals surface area contributed by atoms with Crippen LogP contribution in [0.3, 0.4) is 0 Å². The van der Waals surface area contributed by atoms with E-state index in [1.165, 1.54) is 0 Å². The molecular weight excluding hydrogens is 359 g/mol. The van der Waals surface area contributed by atoms with E-state index in [0.29, 0.717) is 11.3 Å². The SMILES string of the molecule is CCCCOC(=O)N1CC(OS(=O)(=O)C(F)(F)F)=CC1C(=O)OC. The number of halogens is 3. The third-order valence-electron chi connectivity index (χ3n) is 2.91. The predicted molar refractivity (Wildman–Crippen MR) is 72.9 cm³/mol. The van der Waals surface area contributed by atoms with Crippen LogP contribution in [0.2, 0.25) is 0 Å². The highest BCUT2D eigenvalue weighted by atomic mass is 32.2. The van der Waals surface area contributed by atoms with Crippen molar-refractivity contribution in [2.24, 2.45) is 0 Å². The number of amides is 1. The average molecular weight is 375 g/mol. The summed E-state index contributed by atoms with van der Waals surface area (Å²) >= 11 is 0. The lowest BCUT2D eigenvalue weighted by atomic mass is 10.3. The molecule has 0 N–H and O–H groups in total. The zero-order valence-corrected chi connectivity index (χ0v) is 13.6. The average Bonchev–Trinajstić information content (AvgIpc) is 2.88. The standard InChI is InChI=1S/C12H16F3NO7S/c1-3-4-5-22-11(18)16-7-8(6-9(16)10(17)21-2)23-24(19,20)12(13,14)15/h6,9H,3-5,7H2,1-2H3. The summed E-state index contributed by atoms with van der Waals surface area (Å²) in [5.41, 5.74) is -5.64. The van der Waals surface area contributed by atoms with E-state index < -0.39 is 46.0 Å². The van der Waals surface area contributed by atoms with E-state index in [1.54, 1.807) is 0 Å². The van der Waals surface area contributed by atoms with Crippen molar-refractivity contribution in [3.05, 3.63) is 11.8 Å². The summed E-state index contributed by atoms with van der Waals surface area (Å²) in [7, 11) is -4.90. The second kappa shape index (κ2) is 7.73. The third kappa shape index (κ3) is 4.76. The van der Waals surface area contributed by atoms with Gasteiger partial charge in [0, 0.05) is 0 Å². The van der Waals surface area contributed by atoms with E-state index in [2.05, 4.69) is 8.92 Å². The topological polar surface area (TPSA) is 99.2 Å². The first-order valence-electron chi connectivity index (χ1n) is 6.76. The molecule has 0 radical (unpaired) electrons. The van der Waals surface area contributed by atoms with Crippen molar-refractivity contribution in [1.82, 2.24) is 4.90 Å². The van der Waals surface area contributed by atoms with Crippen LogP contribution in [0.1, 0.15) is 19.8 Å². The largest absolute Gasteiger partial charge is 0.534 e. The van der Waals surface area contributed by atoms with E-state index in [1.807, 2.05) is 6.92 Å². The Labute approximate surface area is 136 Å². The molecule has 12 heteroatoms. The molecule has 138 valence electrons. The summed E-state index contributed by atoms with van der Waals surface area (Å²) in [5, 5.41) is 0. The Morgan fingerprint density at radius 1 is 1.38 bits per heavy atom. The Morgan fingerprint density at radius 3 is 2.50 bits per heavy atom. The molecule has 1 aliphatic heterocycles. The zero-order valence-electron chi connectivity index (χ0n) is 12.8. The van der Waals surface area contributed by atoms with Gasteiger partial charge in [0.1, 0.15) is 5.76 Å². The minimum atomic E-state index is -5.91. The van der Waals surface area contributed by atoms with Crippen LogP contribution in [0.4, 0.5) is 18.0 Å². The number of ether oxygens (including phenoxy) is 2. The van der Waals surface area contributed by atoms with E-state index in [-0.39, 0.29) is 6.61 Å². The smallest absolute Gasteiger partial charge is 0.467 e. The van der Waals surface area contributed by atoms with Crippen molar-refractivity contribution in [2.45, 2.75) is 31.3 Å². The van der Waals surface area contributed by atoms with Crippen LogP contribution in [0.15, 0.2) is 11.8 Å². The number of carbonyl (C=O) groups excluding carboxylic acids is 2. The molecule has 1 rings (SSSR count). The van der Waals surface area contributed by atoms with Gasteiger partial charge < -0.3 is 13.7 Å². The molecule has 0 saturated heterocycles. The number of unbranched alkanes of at least 4 members (excludes halogenated alkanes) is 1. The van der Waals surface area contributed by atoms with Gasteiger partial charge in [-0.2, -0.15) is 21.6 Å². The summed E-state index contributed by atoms with van der Waals surface area (Å²) in [6, 6.07) is -1.44. The number of esters is 1.